The fourth-order valence-electron chi connectivity index (χ4n) is 1.09. The molecule has 92 valence electrons. The molecule has 0 amide bonds. The zero-order valence-electron chi connectivity index (χ0n) is 8.45. The van der Waals surface area contributed by atoms with E-state index in [9.17, 15) is 18.0 Å². The molecule has 7 nitrogen and oxygen atoms in total. The SMILES string of the molecule is CC=CCC(CC(=O)O)(C(=O)O)S(=O)(=O)O. The van der Waals surface area contributed by atoms with E-state index in [0.29, 0.717) is 0 Å². The summed E-state index contributed by atoms with van der Waals surface area (Å²) in [7, 11) is -5.02. The van der Waals surface area contributed by atoms with Crippen LogP contribution in [0.25, 0.3) is 0 Å². The number of rotatable bonds is 6. The molecule has 1 unspecified atom stereocenters. The molecule has 0 fully saturated rings. The molecule has 0 bridgehead atoms. The predicted octanol–water partition coefficient (Wildman–Crippen LogP) is 0.139. The standard InChI is InChI=1S/C8H12O7S/c1-2-3-4-8(7(11)12,5-6(9)10)16(13,14)15/h2-3H,4-5H2,1H3,(H,9,10)(H,11,12)(H,13,14,15). The zero-order chi connectivity index (χ0) is 13.0. The second kappa shape index (κ2) is 5.08. The third-order valence-corrected chi connectivity index (χ3v) is 3.48. The molecule has 3 N–H and O–H groups in total. The Labute approximate surface area is 92.1 Å². The number of allylic oxidation sites excluding steroid dienone is 2. The Kier molecular flexibility index (Phi) is 4.63. The summed E-state index contributed by atoms with van der Waals surface area (Å²) in [4.78, 5) is 21.3. The zero-order valence-corrected chi connectivity index (χ0v) is 9.27. The lowest BCUT2D eigenvalue weighted by Crippen LogP contribution is -2.47. The monoisotopic (exact) mass is 252 g/mol. The van der Waals surface area contributed by atoms with Gasteiger partial charge in [-0.2, -0.15) is 8.42 Å². The van der Waals surface area contributed by atoms with E-state index in [1.165, 1.54) is 19.1 Å². The van der Waals surface area contributed by atoms with E-state index in [-0.39, 0.29) is 0 Å². The number of carboxylic acids is 2. The summed E-state index contributed by atoms with van der Waals surface area (Å²) in [6, 6.07) is 0. The molecule has 0 rings (SSSR count). The number of carbonyl (C=O) groups is 2. The van der Waals surface area contributed by atoms with Gasteiger partial charge in [0.25, 0.3) is 10.1 Å². The van der Waals surface area contributed by atoms with Crippen LogP contribution < -0.4 is 0 Å². The van der Waals surface area contributed by atoms with Gasteiger partial charge in [-0.15, -0.1) is 0 Å². The van der Waals surface area contributed by atoms with Crippen LogP contribution in [0.5, 0.6) is 0 Å². The number of hydrogen-bond donors (Lipinski definition) is 3. The minimum absolute atomic E-state index is 0.607. The van der Waals surface area contributed by atoms with Crippen molar-refractivity contribution >= 4 is 22.1 Å². The minimum atomic E-state index is -5.02. The molecule has 0 aliphatic carbocycles. The van der Waals surface area contributed by atoms with Gasteiger partial charge in [-0.1, -0.05) is 12.2 Å². The summed E-state index contributed by atoms with van der Waals surface area (Å²) in [5, 5.41) is 17.3. The molecule has 0 heterocycles. The number of aliphatic carboxylic acids is 2. The third-order valence-electron chi connectivity index (χ3n) is 2.00. The van der Waals surface area contributed by atoms with Crippen molar-refractivity contribution in [2.75, 3.05) is 0 Å². The van der Waals surface area contributed by atoms with Crippen molar-refractivity contribution in [2.24, 2.45) is 0 Å². The van der Waals surface area contributed by atoms with Crippen molar-refractivity contribution < 1.29 is 32.8 Å². The molecule has 0 aliphatic rings. The molecular weight excluding hydrogens is 240 g/mol. The van der Waals surface area contributed by atoms with Crippen molar-refractivity contribution in [3.05, 3.63) is 12.2 Å². The summed E-state index contributed by atoms with van der Waals surface area (Å²) in [6.07, 6.45) is 0.727. The van der Waals surface area contributed by atoms with Crippen LogP contribution in [0.15, 0.2) is 12.2 Å². The molecule has 0 aromatic heterocycles. The Morgan fingerprint density at radius 2 is 1.81 bits per heavy atom. The number of hydrogen-bond acceptors (Lipinski definition) is 4. The second-order valence-electron chi connectivity index (χ2n) is 3.12. The predicted molar refractivity (Wildman–Crippen MR) is 53.6 cm³/mol. The summed E-state index contributed by atoms with van der Waals surface area (Å²) in [5.41, 5.74) is 0. The quantitative estimate of drug-likeness (QED) is 0.452. The third kappa shape index (κ3) is 3.04. The average molecular weight is 252 g/mol. The lowest BCUT2D eigenvalue weighted by Gasteiger charge is -2.22. The molecule has 16 heavy (non-hydrogen) atoms. The van der Waals surface area contributed by atoms with Crippen molar-refractivity contribution in [2.45, 2.75) is 24.5 Å². The summed E-state index contributed by atoms with van der Waals surface area (Å²) in [5.74, 6) is -3.51. The van der Waals surface area contributed by atoms with Gasteiger partial charge in [0.2, 0.25) is 4.75 Å². The fraction of sp³-hybridized carbons (Fsp3) is 0.500. The van der Waals surface area contributed by atoms with Crippen LogP contribution in [0.1, 0.15) is 19.8 Å². The molecule has 0 radical (unpaired) electrons. The second-order valence-corrected chi connectivity index (χ2v) is 4.85. The van der Waals surface area contributed by atoms with Crippen LogP contribution in [0.4, 0.5) is 0 Å². The van der Waals surface area contributed by atoms with Crippen LogP contribution in [-0.2, 0) is 19.7 Å². The highest BCUT2D eigenvalue weighted by molar-refractivity contribution is 7.88. The van der Waals surface area contributed by atoms with E-state index in [1.807, 2.05) is 0 Å². The van der Waals surface area contributed by atoms with Crippen LogP contribution in [0, 0.1) is 0 Å². The highest BCUT2D eigenvalue weighted by atomic mass is 32.2. The molecule has 1 atom stereocenters. The van der Waals surface area contributed by atoms with E-state index in [0.717, 1.165) is 0 Å². The van der Waals surface area contributed by atoms with Gasteiger partial charge in [-0.25, -0.2) is 0 Å². The molecule has 0 aromatic carbocycles. The smallest absolute Gasteiger partial charge is 0.328 e. The van der Waals surface area contributed by atoms with E-state index in [1.54, 1.807) is 0 Å². The summed E-state index contributed by atoms with van der Waals surface area (Å²) in [6.45, 7) is 1.51. The van der Waals surface area contributed by atoms with Crippen LogP contribution in [0.2, 0.25) is 0 Å². The fourth-order valence-corrected chi connectivity index (χ4v) is 1.93. The topological polar surface area (TPSA) is 129 Å². The van der Waals surface area contributed by atoms with Crippen molar-refractivity contribution in [3.63, 3.8) is 0 Å². The largest absolute Gasteiger partial charge is 0.481 e. The molecule has 0 saturated carbocycles. The highest BCUT2D eigenvalue weighted by Crippen LogP contribution is 2.26. The normalized spacial score (nSPS) is 15.9. The van der Waals surface area contributed by atoms with Gasteiger partial charge in [-0.05, 0) is 13.3 Å². The van der Waals surface area contributed by atoms with Crippen molar-refractivity contribution in [1.29, 1.82) is 0 Å². The van der Waals surface area contributed by atoms with Gasteiger partial charge in [0.1, 0.15) is 0 Å². The number of carboxylic acid groups (broad SMARTS) is 2. The Bertz CT molecular complexity index is 408. The molecule has 8 heteroatoms. The van der Waals surface area contributed by atoms with Crippen LogP contribution in [-0.4, -0.2) is 39.9 Å². The Hall–Kier alpha value is -1.41. The van der Waals surface area contributed by atoms with E-state index >= 15 is 0 Å². The molecule has 0 spiro atoms. The van der Waals surface area contributed by atoms with Crippen molar-refractivity contribution in [1.82, 2.24) is 0 Å². The molecule has 0 aromatic rings. The Morgan fingerprint density at radius 3 is 2.06 bits per heavy atom. The first kappa shape index (κ1) is 14.6. The van der Waals surface area contributed by atoms with Gasteiger partial charge in [0, 0.05) is 0 Å². The maximum atomic E-state index is 11.0. The maximum absolute atomic E-state index is 11.0. The molecule has 0 saturated heterocycles. The first-order chi connectivity index (χ1) is 7.17. The van der Waals surface area contributed by atoms with Crippen molar-refractivity contribution in [3.8, 4) is 0 Å². The minimum Gasteiger partial charge on any atom is -0.481 e. The summed E-state index contributed by atoms with van der Waals surface area (Å²) >= 11 is 0. The first-order valence-electron chi connectivity index (χ1n) is 4.21. The van der Waals surface area contributed by atoms with Crippen LogP contribution in [0.3, 0.4) is 0 Å². The molecule has 0 aliphatic heterocycles. The average Bonchev–Trinajstić information content (AvgIpc) is 2.09. The first-order valence-corrected chi connectivity index (χ1v) is 5.65. The van der Waals surface area contributed by atoms with E-state index in [2.05, 4.69) is 0 Å². The van der Waals surface area contributed by atoms with Gasteiger partial charge < -0.3 is 10.2 Å². The highest BCUT2D eigenvalue weighted by Gasteiger charge is 2.51. The van der Waals surface area contributed by atoms with Gasteiger partial charge in [0.05, 0.1) is 6.42 Å². The summed E-state index contributed by atoms with van der Waals surface area (Å²) < 4.78 is 28.2. The molecular formula is C8H12O7S. The van der Waals surface area contributed by atoms with E-state index < -0.39 is 39.6 Å². The maximum Gasteiger partial charge on any atom is 0.328 e. The van der Waals surface area contributed by atoms with Crippen LogP contribution >= 0.6 is 0 Å². The van der Waals surface area contributed by atoms with Gasteiger partial charge >= 0.3 is 11.9 Å². The van der Waals surface area contributed by atoms with E-state index in [4.69, 9.17) is 14.8 Å². The Morgan fingerprint density at radius 1 is 1.31 bits per heavy atom. The Balaban J connectivity index is 5.58. The lowest BCUT2D eigenvalue weighted by molar-refractivity contribution is -0.146. The lowest BCUT2D eigenvalue weighted by atomic mass is 10.0. The van der Waals surface area contributed by atoms with Gasteiger partial charge in [-0.3, -0.25) is 14.1 Å². The van der Waals surface area contributed by atoms with Gasteiger partial charge in [0.15, 0.2) is 0 Å².